The Morgan fingerprint density at radius 3 is 2.41 bits per heavy atom. The van der Waals surface area contributed by atoms with Crippen LogP contribution in [0.4, 0.5) is 5.69 Å². The summed E-state index contributed by atoms with van der Waals surface area (Å²) in [4.78, 5) is 12.8. The molecule has 1 amide bonds. The molecule has 0 fully saturated rings. The van der Waals surface area contributed by atoms with Gasteiger partial charge >= 0.3 is 0 Å². The van der Waals surface area contributed by atoms with E-state index in [2.05, 4.69) is 52.4 Å². The number of sulfonamides is 1. The van der Waals surface area contributed by atoms with E-state index in [1.807, 2.05) is 6.07 Å². The molecule has 3 aromatic rings. The predicted molar refractivity (Wildman–Crippen MR) is 135 cm³/mol. The van der Waals surface area contributed by atoms with Crippen molar-refractivity contribution in [1.82, 2.24) is 5.32 Å². The number of nitrogens with one attached hydrogen (secondary N) is 1. The van der Waals surface area contributed by atoms with E-state index in [1.54, 1.807) is 48.2 Å². The smallest absolute Gasteiger partial charge is 0.264 e. The van der Waals surface area contributed by atoms with Gasteiger partial charge in [0, 0.05) is 22.5 Å². The molecule has 0 unspecified atom stereocenters. The number of carbonyl (C=O) groups is 1. The molecule has 0 aliphatic heterocycles. The average molecular weight is 534 g/mol. The van der Waals surface area contributed by atoms with Gasteiger partial charge in [-0.2, -0.15) is 11.8 Å². The van der Waals surface area contributed by atoms with Crippen LogP contribution in [0.25, 0.3) is 0 Å². The Morgan fingerprint density at radius 1 is 1.00 bits per heavy atom. The number of anilines is 1. The third-order valence-corrected chi connectivity index (χ3v) is 7.98. The molecule has 168 valence electrons. The lowest BCUT2D eigenvalue weighted by atomic mass is 10.2. The molecule has 0 aromatic heterocycles. The topological polar surface area (TPSA) is 66.5 Å². The highest BCUT2D eigenvalue weighted by Crippen LogP contribution is 2.26. The monoisotopic (exact) mass is 532 g/mol. The predicted octanol–water partition coefficient (Wildman–Crippen LogP) is 5.00. The van der Waals surface area contributed by atoms with Crippen LogP contribution in [-0.2, 0) is 20.6 Å². The lowest BCUT2D eigenvalue weighted by Gasteiger charge is -2.24. The number of hydrogen-bond acceptors (Lipinski definition) is 4. The van der Waals surface area contributed by atoms with E-state index in [9.17, 15) is 13.2 Å². The maximum atomic E-state index is 13.3. The second-order valence-electron chi connectivity index (χ2n) is 7.19. The van der Waals surface area contributed by atoms with Gasteiger partial charge in [0.2, 0.25) is 5.91 Å². The van der Waals surface area contributed by atoms with Gasteiger partial charge < -0.3 is 5.32 Å². The molecule has 8 heteroatoms. The summed E-state index contributed by atoms with van der Waals surface area (Å²) in [5, 5.41) is 2.84. The average Bonchev–Trinajstić information content (AvgIpc) is 2.79. The van der Waals surface area contributed by atoms with Gasteiger partial charge in [0.05, 0.1) is 10.6 Å². The lowest BCUT2D eigenvalue weighted by molar-refractivity contribution is -0.119. The molecule has 32 heavy (non-hydrogen) atoms. The minimum Gasteiger partial charge on any atom is -0.354 e. The molecule has 3 rings (SSSR count). The van der Waals surface area contributed by atoms with Crippen LogP contribution < -0.4 is 9.62 Å². The van der Waals surface area contributed by atoms with Crippen LogP contribution in [0.5, 0.6) is 0 Å². The highest BCUT2D eigenvalue weighted by molar-refractivity contribution is 9.10. The molecule has 5 nitrogen and oxygen atoms in total. The summed E-state index contributed by atoms with van der Waals surface area (Å²) in [7, 11) is -3.89. The van der Waals surface area contributed by atoms with Crippen LogP contribution in [0.1, 0.15) is 11.1 Å². The Labute approximate surface area is 202 Å². The lowest BCUT2D eigenvalue weighted by Crippen LogP contribution is -2.41. The summed E-state index contributed by atoms with van der Waals surface area (Å²) in [6.07, 6.45) is 0. The Hall–Kier alpha value is -2.29. The molecule has 0 bridgehead atoms. The normalized spacial score (nSPS) is 11.2. The van der Waals surface area contributed by atoms with Crippen molar-refractivity contribution in [2.24, 2.45) is 0 Å². The number of amides is 1. The molecule has 0 aliphatic rings. The second kappa shape index (κ2) is 11.5. The molecular weight excluding hydrogens is 508 g/mol. The van der Waals surface area contributed by atoms with Crippen LogP contribution in [-0.4, -0.2) is 33.2 Å². The number of rotatable bonds is 10. The largest absolute Gasteiger partial charge is 0.354 e. The van der Waals surface area contributed by atoms with Crippen molar-refractivity contribution in [2.45, 2.75) is 17.6 Å². The first kappa shape index (κ1) is 24.4. The first-order chi connectivity index (χ1) is 15.4. The molecule has 0 radical (unpaired) electrons. The number of halogens is 1. The molecule has 0 saturated carbocycles. The second-order valence-corrected chi connectivity index (χ2v) is 11.1. The van der Waals surface area contributed by atoms with Crippen LogP contribution in [0, 0.1) is 6.92 Å². The van der Waals surface area contributed by atoms with E-state index < -0.39 is 10.0 Å². The fourth-order valence-electron chi connectivity index (χ4n) is 2.99. The highest BCUT2D eigenvalue weighted by atomic mass is 79.9. The summed E-state index contributed by atoms with van der Waals surface area (Å²) < 4.78 is 28.4. The zero-order chi connectivity index (χ0) is 23.0. The standard InChI is InChI=1S/C24H25BrN2O3S2/c1-19-10-12-20(13-11-19)18-31-15-14-26-24(28)17-27(22-7-5-6-21(25)16-22)32(29,30)23-8-3-2-4-9-23/h2-13,16H,14-15,17-18H2,1H3,(H,26,28). The summed E-state index contributed by atoms with van der Waals surface area (Å²) in [6, 6.07) is 23.4. The van der Waals surface area contributed by atoms with Crippen molar-refractivity contribution >= 4 is 49.3 Å². The van der Waals surface area contributed by atoms with Crippen molar-refractivity contribution in [3.05, 3.63) is 94.5 Å². The highest BCUT2D eigenvalue weighted by Gasteiger charge is 2.27. The van der Waals surface area contributed by atoms with Gasteiger partial charge in [0.25, 0.3) is 10.0 Å². The van der Waals surface area contributed by atoms with Gasteiger partial charge in [0.15, 0.2) is 0 Å². The van der Waals surface area contributed by atoms with Crippen LogP contribution >= 0.6 is 27.7 Å². The Kier molecular flexibility index (Phi) is 8.78. The maximum Gasteiger partial charge on any atom is 0.264 e. The van der Waals surface area contributed by atoms with Crippen LogP contribution in [0.3, 0.4) is 0 Å². The van der Waals surface area contributed by atoms with Gasteiger partial charge in [-0.25, -0.2) is 8.42 Å². The van der Waals surface area contributed by atoms with Crippen LogP contribution in [0.2, 0.25) is 0 Å². The third kappa shape index (κ3) is 6.85. The summed E-state index contributed by atoms with van der Waals surface area (Å²) >= 11 is 5.10. The first-order valence-corrected chi connectivity index (χ1v) is 13.5. The van der Waals surface area contributed by atoms with Gasteiger partial charge in [-0.3, -0.25) is 9.10 Å². The zero-order valence-corrected chi connectivity index (χ0v) is 20.9. The van der Waals surface area contributed by atoms with Gasteiger partial charge in [-0.1, -0.05) is 70.0 Å². The van der Waals surface area contributed by atoms with E-state index >= 15 is 0 Å². The minimum atomic E-state index is -3.89. The van der Waals surface area contributed by atoms with E-state index in [-0.39, 0.29) is 17.3 Å². The zero-order valence-electron chi connectivity index (χ0n) is 17.7. The minimum absolute atomic E-state index is 0.140. The molecule has 0 atom stereocenters. The van der Waals surface area contributed by atoms with Gasteiger partial charge in [-0.15, -0.1) is 0 Å². The van der Waals surface area contributed by atoms with Crippen molar-refractivity contribution in [2.75, 3.05) is 23.1 Å². The Bertz CT molecular complexity index is 1140. The van der Waals surface area contributed by atoms with Crippen LogP contribution in [0.15, 0.2) is 88.2 Å². The Balaban J connectivity index is 1.62. The molecule has 1 N–H and O–H groups in total. The van der Waals surface area contributed by atoms with E-state index in [1.165, 1.54) is 23.3 Å². The number of hydrogen-bond donors (Lipinski definition) is 1. The van der Waals surface area contributed by atoms with Crippen molar-refractivity contribution in [3.8, 4) is 0 Å². The number of thioether (sulfide) groups is 1. The summed E-state index contributed by atoms with van der Waals surface area (Å²) in [5.41, 5.74) is 2.89. The summed E-state index contributed by atoms with van der Waals surface area (Å²) in [6.45, 7) is 2.23. The number of nitrogens with zero attached hydrogens (tertiary/aromatic N) is 1. The van der Waals surface area contributed by atoms with Crippen molar-refractivity contribution < 1.29 is 13.2 Å². The van der Waals surface area contributed by atoms with Gasteiger partial charge in [-0.05, 0) is 42.8 Å². The third-order valence-electron chi connectivity index (χ3n) is 4.67. The molecule has 0 saturated heterocycles. The fourth-order valence-corrected chi connectivity index (χ4v) is 5.63. The maximum absolute atomic E-state index is 13.3. The van der Waals surface area contributed by atoms with E-state index in [0.717, 1.165) is 20.3 Å². The quantitative estimate of drug-likeness (QED) is 0.373. The molecule has 0 spiro atoms. The Morgan fingerprint density at radius 2 is 1.72 bits per heavy atom. The van der Waals surface area contributed by atoms with Crippen molar-refractivity contribution in [1.29, 1.82) is 0 Å². The van der Waals surface area contributed by atoms with E-state index in [0.29, 0.717) is 12.2 Å². The molecule has 3 aromatic carbocycles. The first-order valence-electron chi connectivity index (χ1n) is 10.1. The summed E-state index contributed by atoms with van der Waals surface area (Å²) in [5.74, 6) is 1.25. The van der Waals surface area contributed by atoms with E-state index in [4.69, 9.17) is 0 Å². The molecular formula is C24H25BrN2O3S2. The molecule has 0 aliphatic carbocycles. The SMILES string of the molecule is Cc1ccc(CSCCNC(=O)CN(c2cccc(Br)c2)S(=O)(=O)c2ccccc2)cc1. The fraction of sp³-hybridized carbons (Fsp3) is 0.208. The molecule has 0 heterocycles. The van der Waals surface area contributed by atoms with Gasteiger partial charge in [0.1, 0.15) is 6.54 Å². The van der Waals surface area contributed by atoms with Crippen molar-refractivity contribution in [3.63, 3.8) is 0 Å². The number of aryl methyl sites for hydroxylation is 1. The number of carbonyl (C=O) groups excluding carboxylic acids is 1. The number of benzene rings is 3.